The molecule has 194 valence electrons. The molecule has 5 nitrogen and oxygen atoms in total. The topological polar surface area (TPSA) is 55.8 Å². The number of hydrogen-bond acceptors (Lipinski definition) is 4. The summed E-state index contributed by atoms with van der Waals surface area (Å²) in [5, 5.41) is 13.6. The molecule has 2 heterocycles. The van der Waals surface area contributed by atoms with E-state index in [-0.39, 0.29) is 11.9 Å². The maximum atomic E-state index is 13.0. The SMILES string of the molecule is C=CCN1C2CCC3N(C(c4ccc(C(=O)NC5CCCCC5)cc4)c4cccc(O)c4)C4CCC1C234. The highest BCUT2D eigenvalue weighted by Crippen LogP contribution is 2.72. The Morgan fingerprint density at radius 3 is 2.27 bits per heavy atom. The van der Waals surface area contributed by atoms with Crippen LogP contribution in [-0.4, -0.2) is 57.6 Å². The number of aromatic hydroxyl groups is 1. The van der Waals surface area contributed by atoms with Crippen LogP contribution in [0, 0.1) is 5.41 Å². The van der Waals surface area contributed by atoms with Crippen LogP contribution in [0.15, 0.2) is 61.2 Å². The van der Waals surface area contributed by atoms with Crippen LogP contribution in [0.1, 0.15) is 85.3 Å². The molecule has 5 heteroatoms. The molecule has 0 bridgehead atoms. The fourth-order valence-corrected chi connectivity index (χ4v) is 9.28. The summed E-state index contributed by atoms with van der Waals surface area (Å²) in [5.74, 6) is 0.361. The average Bonchev–Trinajstić information content (AvgIpc) is 3.36. The lowest BCUT2D eigenvalue weighted by molar-refractivity contribution is -0.235. The summed E-state index contributed by atoms with van der Waals surface area (Å²) in [7, 11) is 0. The third-order valence-corrected chi connectivity index (χ3v) is 10.5. The Bertz CT molecular complexity index is 1160. The molecular formula is C32H39N3O2. The first-order chi connectivity index (χ1) is 18.1. The van der Waals surface area contributed by atoms with Gasteiger partial charge in [0.2, 0.25) is 0 Å². The van der Waals surface area contributed by atoms with E-state index in [4.69, 9.17) is 0 Å². The fourth-order valence-electron chi connectivity index (χ4n) is 9.28. The van der Waals surface area contributed by atoms with Gasteiger partial charge in [0.05, 0.1) is 6.04 Å². The molecular weight excluding hydrogens is 458 g/mol. The Hall–Kier alpha value is -2.63. The van der Waals surface area contributed by atoms with Crippen LogP contribution >= 0.6 is 0 Å². The molecule has 5 aliphatic rings. The van der Waals surface area contributed by atoms with Gasteiger partial charge in [-0.1, -0.05) is 49.6 Å². The summed E-state index contributed by atoms with van der Waals surface area (Å²) in [6.07, 6.45) is 13.0. The second-order valence-corrected chi connectivity index (χ2v) is 12.1. The molecule has 1 amide bonds. The van der Waals surface area contributed by atoms with Crippen molar-refractivity contribution in [3.63, 3.8) is 0 Å². The number of carbonyl (C=O) groups is 1. The first kappa shape index (κ1) is 23.5. The van der Waals surface area contributed by atoms with E-state index in [1.807, 2.05) is 24.3 Å². The number of benzene rings is 2. The van der Waals surface area contributed by atoms with Crippen molar-refractivity contribution >= 4 is 5.91 Å². The van der Waals surface area contributed by atoms with Crippen LogP contribution in [-0.2, 0) is 0 Å². The fraction of sp³-hybridized carbons (Fsp3) is 0.531. The van der Waals surface area contributed by atoms with Gasteiger partial charge in [0.1, 0.15) is 5.75 Å². The maximum absolute atomic E-state index is 13.0. The first-order valence-corrected chi connectivity index (χ1v) is 14.5. The number of amides is 1. The Labute approximate surface area is 220 Å². The summed E-state index contributed by atoms with van der Waals surface area (Å²) in [6, 6.07) is 19.1. The molecule has 2 saturated heterocycles. The Kier molecular flexibility index (Phi) is 5.71. The lowest BCUT2D eigenvalue weighted by atomic mass is 9.56. The Balaban J connectivity index is 1.18. The van der Waals surface area contributed by atoms with Gasteiger partial charge in [0.15, 0.2) is 0 Å². The molecule has 2 aromatic rings. The number of carbonyl (C=O) groups excluding carboxylic acids is 1. The van der Waals surface area contributed by atoms with Crippen LogP contribution in [0.5, 0.6) is 5.75 Å². The van der Waals surface area contributed by atoms with E-state index in [2.05, 4.69) is 46.0 Å². The van der Waals surface area contributed by atoms with Gasteiger partial charge < -0.3 is 10.4 Å². The molecule has 5 fully saturated rings. The Morgan fingerprint density at radius 2 is 1.62 bits per heavy atom. The summed E-state index contributed by atoms with van der Waals surface area (Å²) < 4.78 is 0. The molecule has 2 aliphatic heterocycles. The van der Waals surface area contributed by atoms with E-state index >= 15 is 0 Å². The second-order valence-electron chi connectivity index (χ2n) is 12.1. The predicted molar refractivity (Wildman–Crippen MR) is 146 cm³/mol. The zero-order chi connectivity index (χ0) is 25.1. The highest BCUT2D eigenvalue weighted by atomic mass is 16.3. The number of likely N-dealkylation sites (tertiary alicyclic amines) is 2. The lowest BCUT2D eigenvalue weighted by Crippen LogP contribution is -2.83. The number of nitrogens with one attached hydrogen (secondary N) is 1. The van der Waals surface area contributed by atoms with Crippen LogP contribution in [0.4, 0.5) is 0 Å². The van der Waals surface area contributed by atoms with Crippen LogP contribution in [0.2, 0.25) is 0 Å². The highest BCUT2D eigenvalue weighted by Gasteiger charge is 2.80. The number of nitrogens with zero attached hydrogens (tertiary/aromatic N) is 2. The zero-order valence-corrected chi connectivity index (χ0v) is 21.7. The minimum Gasteiger partial charge on any atom is -0.508 e. The van der Waals surface area contributed by atoms with Gasteiger partial charge in [0.25, 0.3) is 5.91 Å². The van der Waals surface area contributed by atoms with Crippen molar-refractivity contribution in [3.8, 4) is 5.75 Å². The summed E-state index contributed by atoms with van der Waals surface area (Å²) in [5.41, 5.74) is 3.54. The van der Waals surface area contributed by atoms with E-state index in [0.717, 1.165) is 30.5 Å². The van der Waals surface area contributed by atoms with Crippen molar-refractivity contribution in [2.45, 2.75) is 94.0 Å². The molecule has 0 radical (unpaired) electrons. The normalized spacial score (nSPS) is 33.6. The van der Waals surface area contributed by atoms with E-state index in [1.165, 1.54) is 50.5 Å². The minimum atomic E-state index is 0.0457. The molecule has 3 aliphatic carbocycles. The molecule has 3 saturated carbocycles. The predicted octanol–water partition coefficient (Wildman–Crippen LogP) is 5.41. The van der Waals surface area contributed by atoms with Crippen molar-refractivity contribution in [3.05, 3.63) is 77.9 Å². The van der Waals surface area contributed by atoms with Crippen molar-refractivity contribution in [2.24, 2.45) is 5.41 Å². The molecule has 7 rings (SSSR count). The summed E-state index contributed by atoms with van der Waals surface area (Å²) in [4.78, 5) is 18.5. The standard InChI is InChI=1S/C32H39N3O2/c1-2-19-34-26-15-17-28-32(26)27(34)16-18-29(32)35(28)30(23-7-6-10-25(36)20-23)21-11-13-22(14-12-21)31(37)33-24-8-4-3-5-9-24/h2,6-7,10-14,20,24,26-30,36H,1,3-5,8-9,15-19H2,(H,33,37). The lowest BCUT2D eigenvalue weighted by Gasteiger charge is -2.72. The maximum Gasteiger partial charge on any atom is 0.251 e. The third kappa shape index (κ3) is 3.39. The van der Waals surface area contributed by atoms with Gasteiger partial charge >= 0.3 is 0 Å². The molecule has 5 unspecified atom stereocenters. The Morgan fingerprint density at radius 1 is 0.946 bits per heavy atom. The smallest absolute Gasteiger partial charge is 0.251 e. The van der Waals surface area contributed by atoms with Gasteiger partial charge in [-0.05, 0) is 73.9 Å². The van der Waals surface area contributed by atoms with Crippen molar-refractivity contribution in [1.82, 2.24) is 15.1 Å². The summed E-state index contributed by atoms with van der Waals surface area (Å²) in [6.45, 7) is 5.03. The molecule has 5 atom stereocenters. The zero-order valence-electron chi connectivity index (χ0n) is 21.7. The third-order valence-electron chi connectivity index (χ3n) is 10.5. The molecule has 2 N–H and O–H groups in total. The van der Waals surface area contributed by atoms with E-state index in [1.54, 1.807) is 6.07 Å². The van der Waals surface area contributed by atoms with Gasteiger partial charge in [-0.3, -0.25) is 14.6 Å². The molecule has 1 spiro atoms. The number of phenols is 1. The number of phenolic OH excluding ortho intramolecular Hbond substituents is 1. The minimum absolute atomic E-state index is 0.0457. The van der Waals surface area contributed by atoms with E-state index in [9.17, 15) is 9.90 Å². The van der Waals surface area contributed by atoms with Crippen molar-refractivity contribution in [1.29, 1.82) is 0 Å². The van der Waals surface area contributed by atoms with Gasteiger partial charge in [-0.25, -0.2) is 0 Å². The van der Waals surface area contributed by atoms with E-state index < -0.39 is 0 Å². The van der Waals surface area contributed by atoms with Gasteiger partial charge in [-0.2, -0.15) is 0 Å². The van der Waals surface area contributed by atoms with E-state index in [0.29, 0.717) is 41.4 Å². The van der Waals surface area contributed by atoms with Gasteiger partial charge in [0, 0.05) is 47.7 Å². The molecule has 0 aromatic heterocycles. The monoisotopic (exact) mass is 497 g/mol. The summed E-state index contributed by atoms with van der Waals surface area (Å²) >= 11 is 0. The molecule has 37 heavy (non-hydrogen) atoms. The largest absolute Gasteiger partial charge is 0.508 e. The van der Waals surface area contributed by atoms with Crippen LogP contribution in [0.25, 0.3) is 0 Å². The van der Waals surface area contributed by atoms with Gasteiger partial charge in [-0.15, -0.1) is 6.58 Å². The van der Waals surface area contributed by atoms with Crippen LogP contribution in [0.3, 0.4) is 0 Å². The second kappa shape index (κ2) is 8.99. The van der Waals surface area contributed by atoms with Crippen molar-refractivity contribution in [2.75, 3.05) is 6.54 Å². The van der Waals surface area contributed by atoms with Crippen molar-refractivity contribution < 1.29 is 9.90 Å². The van der Waals surface area contributed by atoms with Crippen LogP contribution < -0.4 is 5.32 Å². The first-order valence-electron chi connectivity index (χ1n) is 14.5. The molecule has 2 aromatic carbocycles. The quantitative estimate of drug-likeness (QED) is 0.502. The number of rotatable bonds is 7. The highest BCUT2D eigenvalue weighted by molar-refractivity contribution is 5.94. The number of hydrogen-bond donors (Lipinski definition) is 2. The average molecular weight is 498 g/mol.